The molecule has 1 rings (SSSR count). The van der Waals surface area contributed by atoms with Crippen molar-refractivity contribution >= 4 is 5.78 Å². The molecule has 0 saturated heterocycles. The molecule has 0 fully saturated rings. The van der Waals surface area contributed by atoms with E-state index in [4.69, 9.17) is 4.74 Å². The summed E-state index contributed by atoms with van der Waals surface area (Å²) in [5.41, 5.74) is 2.05. The van der Waals surface area contributed by atoms with E-state index in [9.17, 15) is 4.79 Å². The van der Waals surface area contributed by atoms with Gasteiger partial charge in [0.1, 0.15) is 5.75 Å². The van der Waals surface area contributed by atoms with Crippen molar-refractivity contribution < 1.29 is 9.53 Å². The third-order valence-electron chi connectivity index (χ3n) is 3.51. The molecule has 0 radical (unpaired) electrons. The largest absolute Gasteiger partial charge is 0.494 e. The van der Waals surface area contributed by atoms with E-state index in [1.165, 1.54) is 31.3 Å². The molecule has 0 aliphatic heterocycles. The minimum absolute atomic E-state index is 0.177. The third kappa shape index (κ3) is 7.69. The Kier molecular flexibility index (Phi) is 8.49. The Morgan fingerprint density at radius 2 is 1.67 bits per heavy atom. The summed E-state index contributed by atoms with van der Waals surface area (Å²) >= 11 is 0. The molecule has 0 spiro atoms. The number of ketones is 1. The molecule has 21 heavy (non-hydrogen) atoms. The highest BCUT2D eigenvalue weighted by atomic mass is 16.5. The van der Waals surface area contributed by atoms with Crippen LogP contribution in [0.5, 0.6) is 5.75 Å². The van der Waals surface area contributed by atoms with Gasteiger partial charge >= 0.3 is 0 Å². The SMILES string of the molecule is C=C(C)CCCCCCCOc1ccc(C(=O)CC)cc1. The highest BCUT2D eigenvalue weighted by Crippen LogP contribution is 2.14. The number of unbranched alkanes of at least 4 members (excludes halogenated alkanes) is 4. The van der Waals surface area contributed by atoms with Crippen LogP contribution < -0.4 is 4.74 Å². The Morgan fingerprint density at radius 1 is 1.05 bits per heavy atom. The topological polar surface area (TPSA) is 26.3 Å². The van der Waals surface area contributed by atoms with E-state index < -0.39 is 0 Å². The van der Waals surface area contributed by atoms with Crippen LogP contribution in [0, 0.1) is 0 Å². The molecule has 0 aliphatic carbocycles. The number of carbonyl (C=O) groups is 1. The van der Waals surface area contributed by atoms with Crippen molar-refractivity contribution in [3.8, 4) is 5.75 Å². The molecule has 0 aromatic heterocycles. The average molecular weight is 288 g/mol. The molecule has 2 nitrogen and oxygen atoms in total. The molecule has 0 bridgehead atoms. The molecule has 0 unspecified atom stereocenters. The first-order chi connectivity index (χ1) is 10.1. The molecule has 0 heterocycles. The van der Waals surface area contributed by atoms with Crippen LogP contribution in [0.4, 0.5) is 0 Å². The van der Waals surface area contributed by atoms with Gasteiger partial charge in [-0.3, -0.25) is 4.79 Å². The first kappa shape index (κ1) is 17.5. The minimum Gasteiger partial charge on any atom is -0.494 e. The highest BCUT2D eigenvalue weighted by Gasteiger charge is 2.02. The van der Waals surface area contributed by atoms with Gasteiger partial charge in [-0.2, -0.15) is 0 Å². The van der Waals surface area contributed by atoms with Crippen molar-refractivity contribution in [2.24, 2.45) is 0 Å². The van der Waals surface area contributed by atoms with E-state index in [0.29, 0.717) is 6.42 Å². The molecule has 116 valence electrons. The van der Waals surface area contributed by atoms with Gasteiger partial charge in [-0.15, -0.1) is 6.58 Å². The molecule has 0 N–H and O–H groups in total. The predicted molar refractivity (Wildman–Crippen MR) is 89.1 cm³/mol. The van der Waals surface area contributed by atoms with Crippen LogP contribution in [0.15, 0.2) is 36.4 Å². The van der Waals surface area contributed by atoms with Crippen molar-refractivity contribution in [3.63, 3.8) is 0 Å². The highest BCUT2D eigenvalue weighted by molar-refractivity contribution is 5.95. The lowest BCUT2D eigenvalue weighted by Crippen LogP contribution is -1.99. The lowest BCUT2D eigenvalue weighted by molar-refractivity contribution is 0.0988. The summed E-state index contributed by atoms with van der Waals surface area (Å²) in [5.74, 6) is 1.03. The van der Waals surface area contributed by atoms with E-state index in [-0.39, 0.29) is 5.78 Å². The number of rotatable bonds is 11. The van der Waals surface area contributed by atoms with Crippen LogP contribution in [0.2, 0.25) is 0 Å². The van der Waals surface area contributed by atoms with Gasteiger partial charge in [0, 0.05) is 12.0 Å². The Morgan fingerprint density at radius 3 is 2.29 bits per heavy atom. The summed E-state index contributed by atoms with van der Waals surface area (Å²) in [5, 5.41) is 0. The van der Waals surface area contributed by atoms with E-state index in [2.05, 4.69) is 13.5 Å². The summed E-state index contributed by atoms with van der Waals surface area (Å²) in [6.45, 7) is 8.64. The van der Waals surface area contributed by atoms with Crippen molar-refractivity contribution in [1.82, 2.24) is 0 Å². The van der Waals surface area contributed by atoms with Crippen LogP contribution in [0.3, 0.4) is 0 Å². The predicted octanol–water partition coefficient (Wildman–Crippen LogP) is 5.57. The number of hydrogen-bond donors (Lipinski definition) is 0. The lowest BCUT2D eigenvalue weighted by atomic mass is 10.1. The smallest absolute Gasteiger partial charge is 0.162 e. The second-order valence-corrected chi connectivity index (χ2v) is 5.62. The van der Waals surface area contributed by atoms with Crippen LogP contribution in [-0.2, 0) is 0 Å². The first-order valence-corrected chi connectivity index (χ1v) is 8.04. The zero-order valence-electron chi connectivity index (χ0n) is 13.5. The molecule has 0 aliphatic rings. The summed E-state index contributed by atoms with van der Waals surface area (Å²) < 4.78 is 5.69. The van der Waals surface area contributed by atoms with Crippen molar-refractivity contribution in [2.75, 3.05) is 6.61 Å². The monoisotopic (exact) mass is 288 g/mol. The van der Waals surface area contributed by atoms with Crippen molar-refractivity contribution in [3.05, 3.63) is 42.0 Å². The average Bonchev–Trinajstić information content (AvgIpc) is 2.49. The van der Waals surface area contributed by atoms with Gasteiger partial charge in [-0.05, 0) is 50.5 Å². The Bertz CT molecular complexity index is 431. The standard InChI is InChI=1S/C19H28O2/c1-4-19(20)17-11-13-18(14-12-17)21-15-9-7-5-6-8-10-16(2)3/h11-14H,2,4-10,15H2,1,3H3. The van der Waals surface area contributed by atoms with Gasteiger partial charge in [0.15, 0.2) is 5.78 Å². The second-order valence-electron chi connectivity index (χ2n) is 5.62. The van der Waals surface area contributed by atoms with Crippen LogP contribution in [0.1, 0.15) is 69.2 Å². The lowest BCUT2D eigenvalue weighted by Gasteiger charge is -2.07. The number of ether oxygens (including phenoxy) is 1. The molecular formula is C19H28O2. The van der Waals surface area contributed by atoms with Crippen molar-refractivity contribution in [2.45, 2.75) is 58.8 Å². The fourth-order valence-corrected chi connectivity index (χ4v) is 2.19. The Labute approximate surface area is 129 Å². The number of Topliss-reactive ketones (excluding diaryl/α,β-unsaturated/α-hetero) is 1. The molecule has 0 saturated carbocycles. The van der Waals surface area contributed by atoms with E-state index in [1.54, 1.807) is 0 Å². The van der Waals surface area contributed by atoms with Gasteiger partial charge < -0.3 is 4.74 Å². The van der Waals surface area contributed by atoms with Crippen LogP contribution in [0.25, 0.3) is 0 Å². The van der Waals surface area contributed by atoms with Crippen LogP contribution in [-0.4, -0.2) is 12.4 Å². The van der Waals surface area contributed by atoms with Gasteiger partial charge in [-0.1, -0.05) is 31.8 Å². The summed E-state index contributed by atoms with van der Waals surface area (Å²) in [6, 6.07) is 7.46. The maximum Gasteiger partial charge on any atom is 0.162 e. The third-order valence-corrected chi connectivity index (χ3v) is 3.51. The fourth-order valence-electron chi connectivity index (χ4n) is 2.19. The molecule has 0 atom stereocenters. The Hall–Kier alpha value is -1.57. The summed E-state index contributed by atoms with van der Waals surface area (Å²) in [4.78, 5) is 11.5. The quantitative estimate of drug-likeness (QED) is 0.302. The maximum absolute atomic E-state index is 11.5. The van der Waals surface area contributed by atoms with Gasteiger partial charge in [0.25, 0.3) is 0 Å². The zero-order chi connectivity index (χ0) is 15.5. The van der Waals surface area contributed by atoms with Crippen molar-refractivity contribution in [1.29, 1.82) is 0 Å². The maximum atomic E-state index is 11.5. The normalized spacial score (nSPS) is 10.4. The zero-order valence-corrected chi connectivity index (χ0v) is 13.5. The van der Waals surface area contributed by atoms with Gasteiger partial charge in [-0.25, -0.2) is 0 Å². The fraction of sp³-hybridized carbons (Fsp3) is 0.526. The number of carbonyl (C=O) groups excluding carboxylic acids is 1. The van der Waals surface area contributed by atoms with Crippen LogP contribution >= 0.6 is 0 Å². The van der Waals surface area contributed by atoms with Gasteiger partial charge in [0.2, 0.25) is 0 Å². The molecular weight excluding hydrogens is 260 g/mol. The number of allylic oxidation sites excluding steroid dienone is 1. The molecule has 2 heteroatoms. The first-order valence-electron chi connectivity index (χ1n) is 8.04. The number of hydrogen-bond acceptors (Lipinski definition) is 2. The number of benzene rings is 1. The Balaban J connectivity index is 2.10. The summed E-state index contributed by atoms with van der Waals surface area (Å²) in [6.07, 6.45) is 7.79. The summed E-state index contributed by atoms with van der Waals surface area (Å²) in [7, 11) is 0. The van der Waals surface area contributed by atoms with Gasteiger partial charge in [0.05, 0.1) is 6.61 Å². The molecule has 0 amide bonds. The second kappa shape index (κ2) is 10.2. The molecule has 1 aromatic rings. The van der Waals surface area contributed by atoms with E-state index in [0.717, 1.165) is 30.8 Å². The molecule has 1 aromatic carbocycles. The van der Waals surface area contributed by atoms with E-state index >= 15 is 0 Å². The van der Waals surface area contributed by atoms with E-state index in [1.807, 2.05) is 31.2 Å². The minimum atomic E-state index is 0.177.